The second-order valence-electron chi connectivity index (χ2n) is 4.18. The van der Waals surface area contributed by atoms with Crippen LogP contribution in [0.15, 0.2) is 0 Å². The van der Waals surface area contributed by atoms with Gasteiger partial charge in [-0.15, -0.1) is 0 Å². The van der Waals surface area contributed by atoms with Gasteiger partial charge < -0.3 is 4.90 Å². The second-order valence-corrected chi connectivity index (χ2v) is 4.18. The smallest absolute Gasteiger partial charge is 0.251 e. The molecule has 1 saturated heterocycles. The van der Waals surface area contributed by atoms with Gasteiger partial charge in [0.25, 0.3) is 6.43 Å². The Morgan fingerprint density at radius 1 is 1.25 bits per heavy atom. The van der Waals surface area contributed by atoms with Crippen LogP contribution in [0.3, 0.4) is 0 Å². The van der Waals surface area contributed by atoms with Crippen molar-refractivity contribution >= 4 is 5.91 Å². The quantitative estimate of drug-likeness (QED) is 0.737. The standard InChI is InChI=1S/C11H20F2N2O/c1-2-4-11(16)15-6-3-5-14(7-8-15)9-10(12)13/h10H,2-9H2,1H3. The van der Waals surface area contributed by atoms with Gasteiger partial charge >= 0.3 is 0 Å². The summed E-state index contributed by atoms with van der Waals surface area (Å²) in [6, 6.07) is 0. The van der Waals surface area contributed by atoms with Crippen LogP contribution >= 0.6 is 0 Å². The third kappa shape index (κ3) is 4.43. The first kappa shape index (κ1) is 13.4. The van der Waals surface area contributed by atoms with Crippen LogP contribution < -0.4 is 0 Å². The number of hydrogen-bond donors (Lipinski definition) is 0. The lowest BCUT2D eigenvalue weighted by molar-refractivity contribution is -0.131. The molecule has 16 heavy (non-hydrogen) atoms. The van der Waals surface area contributed by atoms with Gasteiger partial charge in [0.2, 0.25) is 5.91 Å². The summed E-state index contributed by atoms with van der Waals surface area (Å²) in [5.41, 5.74) is 0. The Kier molecular flexibility index (Phi) is 5.66. The van der Waals surface area contributed by atoms with Crippen molar-refractivity contribution in [3.63, 3.8) is 0 Å². The van der Waals surface area contributed by atoms with Crippen molar-refractivity contribution in [2.24, 2.45) is 0 Å². The maximum Gasteiger partial charge on any atom is 0.251 e. The van der Waals surface area contributed by atoms with Gasteiger partial charge in [-0.25, -0.2) is 8.78 Å². The van der Waals surface area contributed by atoms with Gasteiger partial charge in [-0.3, -0.25) is 9.69 Å². The highest BCUT2D eigenvalue weighted by Gasteiger charge is 2.20. The van der Waals surface area contributed by atoms with Crippen molar-refractivity contribution in [2.75, 3.05) is 32.7 Å². The first-order valence-electron chi connectivity index (χ1n) is 5.91. The van der Waals surface area contributed by atoms with Crippen LogP contribution in [0.2, 0.25) is 0 Å². The third-order valence-corrected chi connectivity index (χ3v) is 2.80. The SMILES string of the molecule is CCCC(=O)N1CCCN(CC(F)F)CC1. The summed E-state index contributed by atoms with van der Waals surface area (Å²) in [6.07, 6.45) is -0.0782. The first-order chi connectivity index (χ1) is 7.63. The third-order valence-electron chi connectivity index (χ3n) is 2.80. The maximum atomic E-state index is 12.2. The monoisotopic (exact) mass is 234 g/mol. The van der Waals surface area contributed by atoms with Crippen LogP contribution in [0.5, 0.6) is 0 Å². The lowest BCUT2D eigenvalue weighted by atomic mass is 10.3. The molecule has 1 heterocycles. The van der Waals surface area contributed by atoms with Gasteiger partial charge in [0.05, 0.1) is 6.54 Å². The fraction of sp³-hybridized carbons (Fsp3) is 0.909. The molecular weight excluding hydrogens is 214 g/mol. The molecule has 0 radical (unpaired) electrons. The van der Waals surface area contributed by atoms with Gasteiger partial charge in [-0.2, -0.15) is 0 Å². The van der Waals surface area contributed by atoms with E-state index in [-0.39, 0.29) is 12.5 Å². The Hall–Kier alpha value is -0.710. The number of carbonyl (C=O) groups is 1. The van der Waals surface area contributed by atoms with Crippen molar-refractivity contribution in [1.82, 2.24) is 9.80 Å². The molecule has 0 aromatic carbocycles. The molecule has 0 bridgehead atoms. The fourth-order valence-electron chi connectivity index (χ4n) is 1.97. The average Bonchev–Trinajstić information content (AvgIpc) is 2.43. The molecule has 0 aromatic rings. The molecule has 0 aromatic heterocycles. The molecule has 0 saturated carbocycles. The second kappa shape index (κ2) is 6.78. The van der Waals surface area contributed by atoms with E-state index in [1.807, 2.05) is 6.92 Å². The summed E-state index contributed by atoms with van der Waals surface area (Å²) < 4.78 is 24.4. The van der Waals surface area contributed by atoms with Crippen LogP contribution in [0.1, 0.15) is 26.2 Å². The number of amides is 1. The Balaban J connectivity index is 2.37. The van der Waals surface area contributed by atoms with E-state index in [2.05, 4.69) is 0 Å². The highest BCUT2D eigenvalue weighted by atomic mass is 19.3. The normalized spacial score (nSPS) is 18.9. The molecule has 0 spiro atoms. The number of rotatable bonds is 4. The summed E-state index contributed by atoms with van der Waals surface area (Å²) in [4.78, 5) is 15.2. The molecule has 1 amide bonds. The highest BCUT2D eigenvalue weighted by Crippen LogP contribution is 2.07. The van der Waals surface area contributed by atoms with E-state index in [1.165, 1.54) is 0 Å². The largest absolute Gasteiger partial charge is 0.341 e. The number of alkyl halides is 2. The summed E-state index contributed by atoms with van der Waals surface area (Å²) >= 11 is 0. The van der Waals surface area contributed by atoms with Crippen molar-refractivity contribution in [2.45, 2.75) is 32.6 Å². The van der Waals surface area contributed by atoms with Gasteiger partial charge in [-0.1, -0.05) is 6.92 Å². The van der Waals surface area contributed by atoms with E-state index in [1.54, 1.807) is 9.80 Å². The van der Waals surface area contributed by atoms with Gasteiger partial charge in [-0.05, 0) is 12.8 Å². The molecule has 0 aliphatic carbocycles. The number of nitrogens with zero attached hydrogens (tertiary/aromatic N) is 2. The lowest BCUT2D eigenvalue weighted by Gasteiger charge is -2.21. The number of carbonyl (C=O) groups excluding carboxylic acids is 1. The fourth-order valence-corrected chi connectivity index (χ4v) is 1.97. The zero-order chi connectivity index (χ0) is 12.0. The summed E-state index contributed by atoms with van der Waals surface area (Å²) in [5.74, 6) is 0.154. The summed E-state index contributed by atoms with van der Waals surface area (Å²) in [7, 11) is 0. The zero-order valence-electron chi connectivity index (χ0n) is 9.79. The zero-order valence-corrected chi connectivity index (χ0v) is 9.79. The first-order valence-corrected chi connectivity index (χ1v) is 5.91. The summed E-state index contributed by atoms with van der Waals surface area (Å²) in [6.45, 7) is 4.33. The molecule has 1 fully saturated rings. The van der Waals surface area contributed by atoms with Crippen molar-refractivity contribution in [3.8, 4) is 0 Å². The Bertz CT molecular complexity index is 224. The molecular formula is C11H20F2N2O. The van der Waals surface area contributed by atoms with Gasteiger partial charge in [0.1, 0.15) is 0 Å². The van der Waals surface area contributed by atoms with E-state index >= 15 is 0 Å². The molecule has 1 rings (SSSR count). The minimum absolute atomic E-state index is 0.154. The predicted molar refractivity (Wildman–Crippen MR) is 58.5 cm³/mol. The molecule has 1 aliphatic heterocycles. The van der Waals surface area contributed by atoms with E-state index in [0.717, 1.165) is 12.8 Å². The van der Waals surface area contributed by atoms with Crippen molar-refractivity contribution in [1.29, 1.82) is 0 Å². The molecule has 5 heteroatoms. The van der Waals surface area contributed by atoms with Crippen LogP contribution in [0.4, 0.5) is 8.78 Å². The molecule has 0 atom stereocenters. The Morgan fingerprint density at radius 3 is 2.62 bits per heavy atom. The van der Waals surface area contributed by atoms with Gasteiger partial charge in [0.15, 0.2) is 0 Å². The minimum atomic E-state index is -2.28. The maximum absolute atomic E-state index is 12.2. The average molecular weight is 234 g/mol. The van der Waals surface area contributed by atoms with E-state index in [9.17, 15) is 13.6 Å². The van der Waals surface area contributed by atoms with Crippen molar-refractivity contribution in [3.05, 3.63) is 0 Å². The molecule has 94 valence electrons. The highest BCUT2D eigenvalue weighted by molar-refractivity contribution is 5.76. The molecule has 3 nitrogen and oxygen atoms in total. The van der Waals surface area contributed by atoms with E-state index in [4.69, 9.17) is 0 Å². The lowest BCUT2D eigenvalue weighted by Crippen LogP contribution is -2.36. The minimum Gasteiger partial charge on any atom is -0.341 e. The number of halogens is 2. The Morgan fingerprint density at radius 2 is 2.00 bits per heavy atom. The van der Waals surface area contributed by atoms with E-state index in [0.29, 0.717) is 32.6 Å². The number of hydrogen-bond acceptors (Lipinski definition) is 2. The van der Waals surface area contributed by atoms with E-state index < -0.39 is 6.43 Å². The van der Waals surface area contributed by atoms with Crippen LogP contribution in [0.25, 0.3) is 0 Å². The van der Waals surface area contributed by atoms with Crippen LogP contribution in [0, 0.1) is 0 Å². The predicted octanol–water partition coefficient (Wildman–Crippen LogP) is 1.59. The van der Waals surface area contributed by atoms with Gasteiger partial charge in [0, 0.05) is 32.6 Å². The molecule has 0 N–H and O–H groups in total. The van der Waals surface area contributed by atoms with Crippen LogP contribution in [-0.4, -0.2) is 54.9 Å². The molecule has 0 unspecified atom stereocenters. The van der Waals surface area contributed by atoms with Crippen LogP contribution in [-0.2, 0) is 4.79 Å². The van der Waals surface area contributed by atoms with Crippen molar-refractivity contribution < 1.29 is 13.6 Å². The summed E-state index contributed by atoms with van der Waals surface area (Å²) in [5, 5.41) is 0. The topological polar surface area (TPSA) is 23.6 Å². The molecule has 1 aliphatic rings. The Labute approximate surface area is 95.4 Å².